The zero-order valence-corrected chi connectivity index (χ0v) is 16.3. The van der Waals surface area contributed by atoms with Crippen LogP contribution in [0.1, 0.15) is 12.8 Å². The molecule has 0 bridgehead atoms. The summed E-state index contributed by atoms with van der Waals surface area (Å²) in [6.45, 7) is 1.56. The van der Waals surface area contributed by atoms with Crippen LogP contribution in [0.2, 0.25) is 0 Å². The zero-order chi connectivity index (χ0) is 20.1. The van der Waals surface area contributed by atoms with Crippen LogP contribution in [-0.2, 0) is 4.79 Å². The van der Waals surface area contributed by atoms with Crippen LogP contribution >= 0.6 is 0 Å². The lowest BCUT2D eigenvalue weighted by molar-refractivity contribution is -0.120. The van der Waals surface area contributed by atoms with Gasteiger partial charge >= 0.3 is 0 Å². The number of pyridine rings is 1. The Balaban J connectivity index is 1.34. The van der Waals surface area contributed by atoms with Gasteiger partial charge < -0.3 is 15.0 Å². The second-order valence-corrected chi connectivity index (χ2v) is 7.00. The summed E-state index contributed by atoms with van der Waals surface area (Å²) in [5.41, 5.74) is 2.55. The molecule has 2 aromatic heterocycles. The van der Waals surface area contributed by atoms with Crippen LogP contribution in [0.25, 0.3) is 11.3 Å². The number of nitrogens with one attached hydrogen (secondary N) is 1. The van der Waals surface area contributed by atoms with Gasteiger partial charge in [0.15, 0.2) is 5.82 Å². The van der Waals surface area contributed by atoms with Gasteiger partial charge in [0.25, 0.3) is 0 Å². The van der Waals surface area contributed by atoms with Crippen molar-refractivity contribution in [2.75, 3.05) is 30.4 Å². The maximum Gasteiger partial charge on any atom is 0.227 e. The number of benzene rings is 1. The van der Waals surface area contributed by atoms with Crippen LogP contribution in [0, 0.1) is 5.92 Å². The summed E-state index contributed by atoms with van der Waals surface area (Å²) in [5.74, 6) is 1.71. The van der Waals surface area contributed by atoms with Crippen molar-refractivity contribution in [3.63, 3.8) is 0 Å². The number of hydrogen-bond acceptors (Lipinski definition) is 6. The monoisotopic (exact) mass is 389 g/mol. The van der Waals surface area contributed by atoms with Crippen molar-refractivity contribution >= 4 is 17.4 Å². The first-order valence-electron chi connectivity index (χ1n) is 9.67. The summed E-state index contributed by atoms with van der Waals surface area (Å²) in [6, 6.07) is 15.4. The van der Waals surface area contributed by atoms with E-state index in [2.05, 4.69) is 25.4 Å². The minimum Gasteiger partial charge on any atom is -0.497 e. The molecule has 7 nitrogen and oxygen atoms in total. The molecule has 148 valence electrons. The Morgan fingerprint density at radius 3 is 2.48 bits per heavy atom. The Kier molecular flexibility index (Phi) is 5.65. The van der Waals surface area contributed by atoms with Gasteiger partial charge in [0, 0.05) is 30.8 Å². The molecule has 0 radical (unpaired) electrons. The molecule has 1 aliphatic rings. The van der Waals surface area contributed by atoms with Crippen molar-refractivity contribution in [3.8, 4) is 17.0 Å². The number of aromatic nitrogens is 3. The number of methoxy groups -OCH3 is 1. The molecule has 1 aromatic carbocycles. The molecule has 1 saturated heterocycles. The summed E-state index contributed by atoms with van der Waals surface area (Å²) >= 11 is 0. The van der Waals surface area contributed by atoms with E-state index in [9.17, 15) is 4.79 Å². The minimum atomic E-state index is -0.00186. The molecule has 7 heteroatoms. The molecule has 1 fully saturated rings. The molecule has 0 aliphatic carbocycles. The van der Waals surface area contributed by atoms with Crippen molar-refractivity contribution in [2.45, 2.75) is 12.8 Å². The summed E-state index contributed by atoms with van der Waals surface area (Å²) in [6.07, 6.45) is 4.92. The fraction of sp³-hybridized carbons (Fsp3) is 0.273. The van der Waals surface area contributed by atoms with Crippen LogP contribution in [0.3, 0.4) is 0 Å². The van der Waals surface area contributed by atoms with Crippen LogP contribution in [0.5, 0.6) is 5.75 Å². The van der Waals surface area contributed by atoms with E-state index in [1.807, 2.05) is 48.5 Å². The average Bonchev–Trinajstić information content (AvgIpc) is 2.80. The molecular weight excluding hydrogens is 366 g/mol. The molecule has 1 amide bonds. The molecule has 3 heterocycles. The topological polar surface area (TPSA) is 80.2 Å². The van der Waals surface area contributed by atoms with E-state index in [-0.39, 0.29) is 11.8 Å². The lowest BCUT2D eigenvalue weighted by Gasteiger charge is -2.31. The summed E-state index contributed by atoms with van der Waals surface area (Å²) < 4.78 is 5.19. The Labute approximate surface area is 169 Å². The van der Waals surface area contributed by atoms with E-state index in [1.165, 1.54) is 0 Å². The largest absolute Gasteiger partial charge is 0.497 e. The molecule has 4 rings (SSSR count). The minimum absolute atomic E-state index is 0.00186. The van der Waals surface area contributed by atoms with E-state index in [1.54, 1.807) is 19.5 Å². The highest BCUT2D eigenvalue weighted by molar-refractivity contribution is 5.92. The summed E-state index contributed by atoms with van der Waals surface area (Å²) in [5, 5.41) is 11.7. The predicted octanol–water partition coefficient (Wildman–Crippen LogP) is 3.40. The van der Waals surface area contributed by atoms with Crippen LogP contribution in [-0.4, -0.2) is 41.3 Å². The maximum absolute atomic E-state index is 12.5. The summed E-state index contributed by atoms with van der Waals surface area (Å²) in [7, 11) is 1.65. The quantitative estimate of drug-likeness (QED) is 0.720. The van der Waals surface area contributed by atoms with Crippen molar-refractivity contribution in [2.24, 2.45) is 5.92 Å². The first-order chi connectivity index (χ1) is 14.2. The first kappa shape index (κ1) is 18.9. The molecule has 3 aromatic rings. The highest BCUT2D eigenvalue weighted by atomic mass is 16.5. The van der Waals surface area contributed by atoms with Crippen molar-refractivity contribution in [1.29, 1.82) is 0 Å². The van der Waals surface area contributed by atoms with Gasteiger partial charge in [-0.1, -0.05) is 0 Å². The Morgan fingerprint density at radius 1 is 1.07 bits per heavy atom. The van der Waals surface area contributed by atoms with Gasteiger partial charge in [0.05, 0.1) is 24.7 Å². The molecule has 0 atom stereocenters. The predicted molar refractivity (Wildman–Crippen MR) is 112 cm³/mol. The molecule has 29 heavy (non-hydrogen) atoms. The molecule has 1 N–H and O–H groups in total. The van der Waals surface area contributed by atoms with E-state index in [4.69, 9.17) is 4.74 Å². The lowest BCUT2D eigenvalue weighted by atomic mass is 9.96. The van der Waals surface area contributed by atoms with Gasteiger partial charge in [0.2, 0.25) is 5.91 Å². The van der Waals surface area contributed by atoms with Gasteiger partial charge in [-0.2, -0.15) is 0 Å². The van der Waals surface area contributed by atoms with E-state index < -0.39 is 0 Å². The van der Waals surface area contributed by atoms with Crippen molar-refractivity contribution in [3.05, 3.63) is 60.9 Å². The molecular formula is C22H23N5O2. The SMILES string of the molecule is COc1ccc(-c2ccc(N3CCC(C(=O)Nc4cccnc4)CC3)nn2)cc1. The number of amides is 1. The highest BCUT2D eigenvalue weighted by Gasteiger charge is 2.26. The fourth-order valence-corrected chi connectivity index (χ4v) is 3.46. The second kappa shape index (κ2) is 8.68. The van der Waals surface area contributed by atoms with Crippen LogP contribution < -0.4 is 15.0 Å². The maximum atomic E-state index is 12.5. The highest BCUT2D eigenvalue weighted by Crippen LogP contribution is 2.25. The third kappa shape index (κ3) is 4.51. The molecule has 0 spiro atoms. The normalized spacial score (nSPS) is 14.4. The Bertz CT molecular complexity index is 937. The number of carbonyl (C=O) groups excluding carboxylic acids is 1. The van der Waals surface area contributed by atoms with Gasteiger partial charge in [-0.3, -0.25) is 9.78 Å². The van der Waals surface area contributed by atoms with Gasteiger partial charge in [-0.15, -0.1) is 10.2 Å². The van der Waals surface area contributed by atoms with E-state index in [0.29, 0.717) is 0 Å². The number of rotatable bonds is 5. The number of anilines is 2. The number of carbonyl (C=O) groups is 1. The van der Waals surface area contributed by atoms with Gasteiger partial charge in [0.1, 0.15) is 5.75 Å². The van der Waals surface area contributed by atoms with Gasteiger partial charge in [-0.05, 0) is 61.4 Å². The second-order valence-electron chi connectivity index (χ2n) is 7.00. The van der Waals surface area contributed by atoms with E-state index >= 15 is 0 Å². The van der Waals surface area contributed by atoms with Crippen LogP contribution in [0.15, 0.2) is 60.9 Å². The standard InChI is InChI=1S/C22H23N5O2/c1-29-19-6-4-16(5-7-19)20-8-9-21(26-25-20)27-13-10-17(11-14-27)22(28)24-18-3-2-12-23-15-18/h2-9,12,15,17H,10-11,13-14H2,1H3,(H,24,28). The molecule has 0 unspecified atom stereocenters. The fourth-order valence-electron chi connectivity index (χ4n) is 3.46. The first-order valence-corrected chi connectivity index (χ1v) is 9.67. The Morgan fingerprint density at radius 2 is 1.86 bits per heavy atom. The van der Waals surface area contributed by atoms with Crippen molar-refractivity contribution in [1.82, 2.24) is 15.2 Å². The average molecular weight is 389 g/mol. The van der Waals surface area contributed by atoms with Crippen LogP contribution in [0.4, 0.5) is 11.5 Å². The van der Waals surface area contributed by atoms with E-state index in [0.717, 1.165) is 54.4 Å². The zero-order valence-electron chi connectivity index (χ0n) is 16.3. The lowest BCUT2D eigenvalue weighted by Crippen LogP contribution is -2.38. The third-order valence-corrected chi connectivity index (χ3v) is 5.16. The Hall–Kier alpha value is -3.48. The summed E-state index contributed by atoms with van der Waals surface area (Å²) in [4.78, 5) is 18.7. The number of ether oxygens (including phenoxy) is 1. The molecule has 0 saturated carbocycles. The molecule has 1 aliphatic heterocycles. The smallest absolute Gasteiger partial charge is 0.227 e. The number of piperidine rings is 1. The third-order valence-electron chi connectivity index (χ3n) is 5.16. The number of hydrogen-bond donors (Lipinski definition) is 1. The van der Waals surface area contributed by atoms with Gasteiger partial charge in [-0.25, -0.2) is 0 Å². The van der Waals surface area contributed by atoms with Crippen molar-refractivity contribution < 1.29 is 9.53 Å². The number of nitrogens with zero attached hydrogens (tertiary/aromatic N) is 4.